The summed E-state index contributed by atoms with van der Waals surface area (Å²) < 4.78 is 3.30. The van der Waals surface area contributed by atoms with Crippen LogP contribution < -0.4 is 5.32 Å². The van der Waals surface area contributed by atoms with Gasteiger partial charge >= 0.3 is 5.69 Å². The number of rotatable bonds is 7. The largest absolute Gasteiger partial charge is 0.313 e. The van der Waals surface area contributed by atoms with Crippen LogP contribution in [0.1, 0.15) is 29.2 Å². The molecule has 1 atom stereocenters. The molecular weight excluding hydrogens is 428 g/mol. The van der Waals surface area contributed by atoms with Gasteiger partial charge in [0.05, 0.1) is 11.5 Å². The van der Waals surface area contributed by atoms with Crippen molar-refractivity contribution in [2.24, 2.45) is 0 Å². The number of hydrogen-bond donors (Lipinski definition) is 1. The molecule has 10 nitrogen and oxygen atoms in total. The number of hydrogen-bond acceptors (Lipinski definition) is 8. The second kappa shape index (κ2) is 8.20. The summed E-state index contributed by atoms with van der Waals surface area (Å²) in [6, 6.07) is 9.17. The molecule has 0 saturated carbocycles. The molecule has 0 aliphatic heterocycles. The van der Waals surface area contributed by atoms with Crippen molar-refractivity contribution in [1.82, 2.24) is 29.8 Å². The standard InChI is InChI=1S/C18H17ClN8O2S/c1-11-15(27(28)29)10-26(23-11)12(2)17-21-22-18(30-17)20-16-7-8-25(24-16)9-13-5-3-4-6-14(13)19/h3-8,10,12H,9H2,1-2H3,(H,20,22,24)/t12-/m0/s1. The summed E-state index contributed by atoms with van der Waals surface area (Å²) >= 11 is 7.54. The van der Waals surface area contributed by atoms with Crippen molar-refractivity contribution in [3.63, 3.8) is 0 Å². The molecule has 0 unspecified atom stereocenters. The zero-order valence-electron chi connectivity index (χ0n) is 16.1. The Morgan fingerprint density at radius 3 is 2.80 bits per heavy atom. The molecule has 12 heteroatoms. The van der Waals surface area contributed by atoms with Crippen LogP contribution in [-0.2, 0) is 6.54 Å². The minimum Gasteiger partial charge on any atom is -0.313 e. The first-order valence-electron chi connectivity index (χ1n) is 8.98. The second-order valence-electron chi connectivity index (χ2n) is 6.57. The molecule has 4 aromatic rings. The van der Waals surface area contributed by atoms with Crippen LogP contribution in [-0.4, -0.2) is 34.7 Å². The fourth-order valence-corrected chi connectivity index (χ4v) is 3.83. The summed E-state index contributed by atoms with van der Waals surface area (Å²) in [4.78, 5) is 10.6. The summed E-state index contributed by atoms with van der Waals surface area (Å²) in [7, 11) is 0. The number of anilines is 2. The molecule has 0 aliphatic rings. The SMILES string of the molecule is Cc1nn([C@@H](C)c2nnc(Nc3ccn(Cc4ccccc4Cl)n3)s2)cc1[N+](=O)[O-]. The highest BCUT2D eigenvalue weighted by Gasteiger charge is 2.21. The predicted octanol–water partition coefficient (Wildman–Crippen LogP) is 4.20. The Bertz CT molecular complexity index is 1200. The average Bonchev–Trinajstić information content (AvgIpc) is 3.44. The van der Waals surface area contributed by atoms with Crippen molar-refractivity contribution in [3.05, 3.63) is 74.1 Å². The van der Waals surface area contributed by atoms with Gasteiger partial charge in [0.15, 0.2) is 5.82 Å². The number of halogens is 1. The van der Waals surface area contributed by atoms with E-state index in [0.717, 1.165) is 5.56 Å². The number of benzene rings is 1. The van der Waals surface area contributed by atoms with E-state index in [4.69, 9.17) is 11.6 Å². The van der Waals surface area contributed by atoms with Crippen molar-refractivity contribution in [2.75, 3.05) is 5.32 Å². The third-order valence-electron chi connectivity index (χ3n) is 4.45. The maximum Gasteiger partial charge on any atom is 0.309 e. The highest BCUT2D eigenvalue weighted by molar-refractivity contribution is 7.15. The molecule has 0 saturated heterocycles. The van der Waals surface area contributed by atoms with E-state index < -0.39 is 4.92 Å². The van der Waals surface area contributed by atoms with Crippen LogP contribution in [0.15, 0.2) is 42.7 Å². The van der Waals surface area contributed by atoms with Gasteiger partial charge in [0.2, 0.25) is 5.13 Å². The van der Waals surface area contributed by atoms with Gasteiger partial charge < -0.3 is 5.32 Å². The van der Waals surface area contributed by atoms with Gasteiger partial charge in [-0.15, -0.1) is 10.2 Å². The van der Waals surface area contributed by atoms with Gasteiger partial charge in [-0.1, -0.05) is 41.1 Å². The Balaban J connectivity index is 1.45. The highest BCUT2D eigenvalue weighted by atomic mass is 35.5. The first-order valence-corrected chi connectivity index (χ1v) is 10.2. The van der Waals surface area contributed by atoms with Crippen LogP contribution in [0, 0.1) is 17.0 Å². The zero-order chi connectivity index (χ0) is 21.3. The van der Waals surface area contributed by atoms with Crippen LogP contribution in [0.4, 0.5) is 16.6 Å². The van der Waals surface area contributed by atoms with E-state index in [1.54, 1.807) is 11.6 Å². The smallest absolute Gasteiger partial charge is 0.309 e. The lowest BCUT2D eigenvalue weighted by Gasteiger charge is -2.06. The normalized spacial score (nSPS) is 12.1. The van der Waals surface area contributed by atoms with E-state index in [1.807, 2.05) is 43.5 Å². The van der Waals surface area contributed by atoms with Gasteiger partial charge in [-0.25, -0.2) is 0 Å². The van der Waals surface area contributed by atoms with Gasteiger partial charge in [-0.05, 0) is 25.5 Å². The maximum atomic E-state index is 11.0. The Hall–Kier alpha value is -3.31. The minimum atomic E-state index is -0.447. The molecule has 1 N–H and O–H groups in total. The van der Waals surface area contributed by atoms with Crippen molar-refractivity contribution < 1.29 is 4.92 Å². The number of nitrogens with zero attached hydrogens (tertiary/aromatic N) is 7. The van der Waals surface area contributed by atoms with E-state index in [2.05, 4.69) is 25.7 Å². The van der Waals surface area contributed by atoms with Crippen molar-refractivity contribution in [1.29, 1.82) is 0 Å². The monoisotopic (exact) mass is 444 g/mol. The third kappa shape index (κ3) is 4.16. The van der Waals surface area contributed by atoms with Gasteiger partial charge in [0, 0.05) is 17.3 Å². The van der Waals surface area contributed by atoms with Crippen LogP contribution in [0.5, 0.6) is 0 Å². The minimum absolute atomic E-state index is 0.0197. The second-order valence-corrected chi connectivity index (χ2v) is 7.99. The Morgan fingerprint density at radius 2 is 2.07 bits per heavy atom. The van der Waals surface area contributed by atoms with E-state index >= 15 is 0 Å². The molecule has 0 spiro atoms. The maximum absolute atomic E-state index is 11.0. The Morgan fingerprint density at radius 1 is 1.27 bits per heavy atom. The molecule has 0 aliphatic carbocycles. The predicted molar refractivity (Wildman–Crippen MR) is 113 cm³/mol. The lowest BCUT2D eigenvalue weighted by molar-refractivity contribution is -0.385. The molecule has 154 valence electrons. The third-order valence-corrected chi connectivity index (χ3v) is 5.83. The summed E-state index contributed by atoms with van der Waals surface area (Å²) in [5.41, 5.74) is 1.32. The van der Waals surface area contributed by atoms with Crippen molar-refractivity contribution in [3.8, 4) is 0 Å². The summed E-state index contributed by atoms with van der Waals surface area (Å²) in [6.45, 7) is 4.02. The average molecular weight is 445 g/mol. The first kappa shape index (κ1) is 20.0. The van der Waals surface area contributed by atoms with Crippen LogP contribution in [0.2, 0.25) is 5.02 Å². The van der Waals surface area contributed by atoms with Crippen LogP contribution in [0.25, 0.3) is 0 Å². The summed E-state index contributed by atoms with van der Waals surface area (Å²) in [5, 5.41) is 33.1. The zero-order valence-corrected chi connectivity index (χ0v) is 17.6. The summed E-state index contributed by atoms with van der Waals surface area (Å²) in [6.07, 6.45) is 3.26. The molecule has 0 bridgehead atoms. The number of aromatic nitrogens is 6. The van der Waals surface area contributed by atoms with Gasteiger partial charge in [0.1, 0.15) is 22.9 Å². The number of nitro groups is 1. The number of aryl methyl sites for hydroxylation is 1. The molecule has 0 radical (unpaired) electrons. The fraction of sp³-hybridized carbons (Fsp3) is 0.222. The molecule has 3 aromatic heterocycles. The highest BCUT2D eigenvalue weighted by Crippen LogP contribution is 2.28. The molecule has 0 amide bonds. The molecule has 4 rings (SSSR count). The lowest BCUT2D eigenvalue weighted by Crippen LogP contribution is -2.07. The molecule has 0 fully saturated rings. The van der Waals surface area contributed by atoms with E-state index in [9.17, 15) is 10.1 Å². The van der Waals surface area contributed by atoms with Crippen molar-refractivity contribution in [2.45, 2.75) is 26.4 Å². The van der Waals surface area contributed by atoms with Gasteiger partial charge in [-0.2, -0.15) is 10.2 Å². The molecule has 1 aromatic carbocycles. The Labute approximate surface area is 180 Å². The molecular formula is C18H17ClN8O2S. The van der Waals surface area contributed by atoms with Crippen LogP contribution in [0.3, 0.4) is 0 Å². The first-order chi connectivity index (χ1) is 14.4. The lowest BCUT2D eigenvalue weighted by atomic mass is 10.2. The molecule has 30 heavy (non-hydrogen) atoms. The van der Waals surface area contributed by atoms with E-state index in [-0.39, 0.29) is 11.7 Å². The fourth-order valence-electron chi connectivity index (χ4n) is 2.84. The summed E-state index contributed by atoms with van der Waals surface area (Å²) in [5.74, 6) is 0.628. The van der Waals surface area contributed by atoms with Crippen molar-refractivity contribution >= 4 is 39.6 Å². The van der Waals surface area contributed by atoms with E-state index in [1.165, 1.54) is 22.2 Å². The molecule has 3 heterocycles. The van der Waals surface area contributed by atoms with Gasteiger partial charge in [-0.3, -0.25) is 19.5 Å². The van der Waals surface area contributed by atoms with Crippen LogP contribution >= 0.6 is 22.9 Å². The number of nitrogens with one attached hydrogen (secondary N) is 1. The van der Waals surface area contributed by atoms with Gasteiger partial charge in [0.25, 0.3) is 0 Å². The quantitative estimate of drug-likeness (QED) is 0.335. The topological polar surface area (TPSA) is 117 Å². The van der Waals surface area contributed by atoms with E-state index in [0.29, 0.717) is 33.2 Å². The Kier molecular flexibility index (Phi) is 5.46.